The monoisotopic (exact) mass is 406 g/mol. The summed E-state index contributed by atoms with van der Waals surface area (Å²) in [4.78, 5) is 12.3. The smallest absolute Gasteiger partial charge is 0.247 e. The summed E-state index contributed by atoms with van der Waals surface area (Å²) in [6, 6.07) is 11.9. The van der Waals surface area contributed by atoms with Crippen molar-refractivity contribution in [2.45, 2.75) is 24.7 Å². The summed E-state index contributed by atoms with van der Waals surface area (Å²) in [5, 5.41) is 2.71. The van der Waals surface area contributed by atoms with Gasteiger partial charge in [-0.2, -0.15) is 4.31 Å². The number of carbonyl (C=O) groups is 1. The number of nitrogens with zero attached hydrogens (tertiary/aromatic N) is 1. The Morgan fingerprint density at radius 1 is 1.07 bits per heavy atom. The molecule has 0 spiro atoms. The first-order valence-corrected chi connectivity index (χ1v) is 10.2. The second-order valence-electron chi connectivity index (χ2n) is 6.60. The Morgan fingerprint density at radius 2 is 1.71 bits per heavy atom. The quantitative estimate of drug-likeness (QED) is 0.728. The van der Waals surface area contributed by atoms with E-state index >= 15 is 0 Å². The lowest BCUT2D eigenvalue weighted by molar-refractivity contribution is -0.116. The maximum Gasteiger partial charge on any atom is 0.247 e. The van der Waals surface area contributed by atoms with Crippen molar-refractivity contribution in [1.82, 2.24) is 4.31 Å². The van der Waals surface area contributed by atoms with E-state index in [1.165, 1.54) is 33.4 Å². The summed E-state index contributed by atoms with van der Waals surface area (Å²) in [7, 11) is 0.218. The first kappa shape index (κ1) is 21.7. The fourth-order valence-corrected chi connectivity index (χ4v) is 3.89. The Hall–Kier alpha value is -2.58. The standard InChI is InChI=1S/C20H26N2O5S/c1-14(2)15-6-8-16(9-7-15)21-20(23)13-22(3)28(24,25)19-12-17(26-4)10-11-18(19)27-5/h6-12,14H,13H2,1-5H3,(H,21,23). The summed E-state index contributed by atoms with van der Waals surface area (Å²) < 4.78 is 37.0. The average Bonchev–Trinajstić information content (AvgIpc) is 2.67. The SMILES string of the molecule is COc1ccc(OC)c(S(=O)(=O)N(C)CC(=O)Nc2ccc(C(C)C)cc2)c1. The van der Waals surface area contributed by atoms with E-state index in [9.17, 15) is 13.2 Å². The molecule has 0 bridgehead atoms. The number of sulfonamides is 1. The van der Waals surface area contributed by atoms with E-state index in [-0.39, 0.29) is 17.2 Å². The number of likely N-dealkylation sites (N-methyl/N-ethyl adjacent to an activating group) is 1. The molecule has 7 nitrogen and oxygen atoms in total. The van der Waals surface area contributed by atoms with Gasteiger partial charge >= 0.3 is 0 Å². The normalized spacial score (nSPS) is 11.5. The number of ether oxygens (including phenoxy) is 2. The van der Waals surface area contributed by atoms with Gasteiger partial charge in [-0.1, -0.05) is 26.0 Å². The van der Waals surface area contributed by atoms with E-state index in [1.807, 2.05) is 12.1 Å². The third kappa shape index (κ3) is 5.02. The molecular weight excluding hydrogens is 380 g/mol. The second-order valence-corrected chi connectivity index (χ2v) is 8.62. The van der Waals surface area contributed by atoms with E-state index in [0.717, 1.165) is 9.87 Å². The molecule has 0 aromatic heterocycles. The molecule has 0 unspecified atom stereocenters. The zero-order valence-electron chi connectivity index (χ0n) is 16.7. The van der Waals surface area contributed by atoms with Crippen molar-refractivity contribution in [3.05, 3.63) is 48.0 Å². The number of carbonyl (C=O) groups excluding carboxylic acids is 1. The van der Waals surface area contributed by atoms with Crippen LogP contribution in [0.4, 0.5) is 5.69 Å². The molecule has 0 aliphatic heterocycles. The Labute approximate surface area is 166 Å². The fraction of sp³-hybridized carbons (Fsp3) is 0.350. The molecule has 152 valence electrons. The van der Waals surface area contributed by atoms with Crippen LogP contribution >= 0.6 is 0 Å². The van der Waals surface area contributed by atoms with Gasteiger partial charge in [0.1, 0.15) is 16.4 Å². The molecule has 0 atom stereocenters. The number of benzene rings is 2. The topological polar surface area (TPSA) is 84.9 Å². The number of nitrogens with one attached hydrogen (secondary N) is 1. The lowest BCUT2D eigenvalue weighted by atomic mass is 10.0. The first-order valence-electron chi connectivity index (χ1n) is 8.77. The molecule has 0 fully saturated rings. The summed E-state index contributed by atoms with van der Waals surface area (Å²) in [6.07, 6.45) is 0. The Morgan fingerprint density at radius 3 is 2.25 bits per heavy atom. The molecule has 0 radical (unpaired) electrons. The Bertz CT molecular complexity index is 924. The van der Waals surface area contributed by atoms with Gasteiger partial charge in [-0.25, -0.2) is 8.42 Å². The van der Waals surface area contributed by atoms with Gasteiger partial charge in [0.25, 0.3) is 0 Å². The highest BCUT2D eigenvalue weighted by Gasteiger charge is 2.27. The first-order chi connectivity index (χ1) is 13.2. The van der Waals surface area contributed by atoms with Crippen LogP contribution in [-0.2, 0) is 14.8 Å². The van der Waals surface area contributed by atoms with Gasteiger partial charge in [-0.3, -0.25) is 4.79 Å². The fourth-order valence-electron chi connectivity index (χ4n) is 2.59. The van der Waals surface area contributed by atoms with Crippen LogP contribution in [-0.4, -0.2) is 46.4 Å². The summed E-state index contributed by atoms with van der Waals surface area (Å²) in [5.74, 6) is 0.504. The maximum absolute atomic E-state index is 12.9. The molecule has 0 saturated heterocycles. The van der Waals surface area contributed by atoms with Crippen LogP contribution < -0.4 is 14.8 Å². The Balaban J connectivity index is 2.14. The van der Waals surface area contributed by atoms with Crippen LogP contribution in [0.25, 0.3) is 0 Å². The molecule has 0 heterocycles. The van der Waals surface area contributed by atoms with E-state index in [4.69, 9.17) is 9.47 Å². The van der Waals surface area contributed by atoms with Gasteiger partial charge in [0.15, 0.2) is 0 Å². The predicted octanol–water partition coefficient (Wildman–Crippen LogP) is 3.09. The van der Waals surface area contributed by atoms with Crippen LogP contribution in [0.1, 0.15) is 25.3 Å². The summed E-state index contributed by atoms with van der Waals surface area (Å²) in [5.41, 5.74) is 1.77. The van der Waals surface area contributed by atoms with Crippen molar-refractivity contribution in [2.75, 3.05) is 33.1 Å². The number of hydrogen-bond acceptors (Lipinski definition) is 5. The minimum atomic E-state index is -3.95. The lowest BCUT2D eigenvalue weighted by Crippen LogP contribution is -2.35. The third-order valence-electron chi connectivity index (χ3n) is 4.29. The van der Waals surface area contributed by atoms with Crippen LogP contribution in [0.2, 0.25) is 0 Å². The van der Waals surface area contributed by atoms with Gasteiger partial charge in [-0.15, -0.1) is 0 Å². The van der Waals surface area contributed by atoms with Gasteiger partial charge in [0, 0.05) is 18.8 Å². The molecular formula is C20H26N2O5S. The zero-order valence-corrected chi connectivity index (χ0v) is 17.5. The minimum absolute atomic E-state index is 0.0639. The van der Waals surface area contributed by atoms with E-state index < -0.39 is 15.9 Å². The highest BCUT2D eigenvalue weighted by Crippen LogP contribution is 2.30. The molecule has 0 aliphatic carbocycles. The Kier molecular flexibility index (Phi) is 7.04. The molecule has 0 aliphatic rings. The van der Waals surface area contributed by atoms with Crippen molar-refractivity contribution in [2.24, 2.45) is 0 Å². The minimum Gasteiger partial charge on any atom is -0.497 e. The molecule has 28 heavy (non-hydrogen) atoms. The van der Waals surface area contributed by atoms with Gasteiger partial charge in [0.2, 0.25) is 15.9 Å². The molecule has 2 aromatic rings. The van der Waals surface area contributed by atoms with Crippen molar-refractivity contribution >= 4 is 21.6 Å². The highest BCUT2D eigenvalue weighted by molar-refractivity contribution is 7.89. The van der Waals surface area contributed by atoms with Crippen LogP contribution in [0.5, 0.6) is 11.5 Å². The summed E-state index contributed by atoms with van der Waals surface area (Å²) in [6.45, 7) is 3.83. The third-order valence-corrected chi connectivity index (χ3v) is 6.11. The van der Waals surface area contributed by atoms with Gasteiger partial charge in [-0.05, 0) is 35.7 Å². The van der Waals surface area contributed by atoms with Crippen LogP contribution in [0.3, 0.4) is 0 Å². The van der Waals surface area contributed by atoms with Crippen LogP contribution in [0, 0.1) is 0 Å². The van der Waals surface area contributed by atoms with Gasteiger partial charge < -0.3 is 14.8 Å². The number of methoxy groups -OCH3 is 2. The van der Waals surface area contributed by atoms with Crippen molar-refractivity contribution in [1.29, 1.82) is 0 Å². The van der Waals surface area contributed by atoms with E-state index in [2.05, 4.69) is 19.2 Å². The highest BCUT2D eigenvalue weighted by atomic mass is 32.2. The molecule has 0 saturated carbocycles. The number of hydrogen-bond donors (Lipinski definition) is 1. The second kappa shape index (κ2) is 9.07. The molecule has 1 N–H and O–H groups in total. The average molecular weight is 407 g/mol. The number of anilines is 1. The zero-order chi connectivity index (χ0) is 20.9. The number of rotatable bonds is 8. The van der Waals surface area contributed by atoms with Crippen LogP contribution in [0.15, 0.2) is 47.4 Å². The molecule has 2 aromatic carbocycles. The lowest BCUT2D eigenvalue weighted by Gasteiger charge is -2.19. The van der Waals surface area contributed by atoms with Crippen molar-refractivity contribution in [3.63, 3.8) is 0 Å². The van der Waals surface area contributed by atoms with Crippen molar-refractivity contribution < 1.29 is 22.7 Å². The predicted molar refractivity (Wildman–Crippen MR) is 109 cm³/mol. The van der Waals surface area contributed by atoms with E-state index in [1.54, 1.807) is 18.2 Å². The molecule has 8 heteroatoms. The molecule has 2 rings (SSSR count). The largest absolute Gasteiger partial charge is 0.497 e. The van der Waals surface area contributed by atoms with Crippen molar-refractivity contribution in [3.8, 4) is 11.5 Å². The summed E-state index contributed by atoms with van der Waals surface area (Å²) >= 11 is 0. The number of amides is 1. The van der Waals surface area contributed by atoms with E-state index in [0.29, 0.717) is 17.4 Å². The van der Waals surface area contributed by atoms with Gasteiger partial charge in [0.05, 0.1) is 20.8 Å². The maximum atomic E-state index is 12.9. The molecule has 1 amide bonds.